The number of thiol groups is 2. The van der Waals surface area contributed by atoms with Crippen molar-refractivity contribution in [2.45, 2.75) is 27.2 Å². The highest BCUT2D eigenvalue weighted by molar-refractivity contribution is 7.92. The van der Waals surface area contributed by atoms with E-state index in [1.807, 2.05) is 12.1 Å². The molecule has 0 saturated carbocycles. The molecule has 1 aromatic carbocycles. The Morgan fingerprint density at radius 3 is 2.71 bits per heavy atom. The van der Waals surface area contributed by atoms with Gasteiger partial charge in [-0.2, -0.15) is 12.6 Å². The average molecular weight is 268 g/mol. The molecule has 0 aliphatic rings. The van der Waals surface area contributed by atoms with Crippen LogP contribution in [0.5, 0.6) is 5.75 Å². The van der Waals surface area contributed by atoms with Crippen molar-refractivity contribution in [1.29, 1.82) is 0 Å². The van der Waals surface area contributed by atoms with Gasteiger partial charge in [0.1, 0.15) is 5.75 Å². The summed E-state index contributed by atoms with van der Waals surface area (Å²) in [6, 6.07) is 6.12. The maximum Gasteiger partial charge on any atom is 0.127 e. The van der Waals surface area contributed by atoms with Gasteiger partial charge in [-0.05, 0) is 36.8 Å². The zero-order chi connectivity index (χ0) is 12.8. The number of rotatable bonds is 5. The second-order valence-electron chi connectivity index (χ2n) is 4.54. The number of ether oxygens (including phenoxy) is 1. The minimum absolute atomic E-state index is 0.653. The van der Waals surface area contributed by atoms with Crippen LogP contribution in [-0.2, 0) is 0 Å². The molecule has 0 radical (unpaired) electrons. The van der Waals surface area contributed by atoms with Gasteiger partial charge < -0.3 is 4.74 Å². The molecule has 0 aromatic heterocycles. The molecule has 0 aliphatic heterocycles. The summed E-state index contributed by atoms with van der Waals surface area (Å²) in [7, 11) is 0. The molecule has 0 aliphatic carbocycles. The van der Waals surface area contributed by atoms with Crippen LogP contribution in [0.25, 0.3) is 4.91 Å². The topological polar surface area (TPSA) is 9.23 Å². The lowest BCUT2D eigenvalue weighted by Gasteiger charge is -2.13. The number of hydrogen-bond acceptors (Lipinski definition) is 3. The highest BCUT2D eigenvalue weighted by atomic mass is 32.1. The highest BCUT2D eigenvalue weighted by Gasteiger charge is 2.06. The summed E-state index contributed by atoms with van der Waals surface area (Å²) < 4.78 is 5.80. The highest BCUT2D eigenvalue weighted by Crippen LogP contribution is 2.30. The molecule has 17 heavy (non-hydrogen) atoms. The van der Waals surface area contributed by atoms with Crippen LogP contribution in [0, 0.1) is 12.8 Å². The Hall–Kier alpha value is -0.540. The van der Waals surface area contributed by atoms with E-state index in [1.54, 1.807) is 5.41 Å². The van der Waals surface area contributed by atoms with E-state index in [-0.39, 0.29) is 0 Å². The summed E-state index contributed by atoms with van der Waals surface area (Å²) in [6.45, 7) is 7.18. The van der Waals surface area contributed by atoms with Crippen molar-refractivity contribution >= 4 is 30.2 Å². The van der Waals surface area contributed by atoms with E-state index in [1.165, 1.54) is 5.56 Å². The Morgan fingerprint density at radius 1 is 1.41 bits per heavy atom. The Bertz CT molecular complexity index is 397. The molecule has 1 rings (SSSR count). The second kappa shape index (κ2) is 7.02. The smallest absolute Gasteiger partial charge is 0.127 e. The normalized spacial score (nSPS) is 12.0. The first-order chi connectivity index (χ1) is 8.04. The van der Waals surface area contributed by atoms with Crippen molar-refractivity contribution in [3.8, 4) is 5.75 Å². The zero-order valence-corrected chi connectivity index (χ0v) is 12.4. The molecule has 0 unspecified atom stereocenters. The molecule has 0 spiro atoms. The van der Waals surface area contributed by atoms with Crippen LogP contribution in [0.15, 0.2) is 23.6 Å². The molecule has 0 saturated heterocycles. The van der Waals surface area contributed by atoms with Gasteiger partial charge in [-0.15, -0.1) is 12.6 Å². The summed E-state index contributed by atoms with van der Waals surface area (Å²) in [4.78, 5) is 0.830. The number of benzene rings is 1. The maximum atomic E-state index is 5.80. The van der Waals surface area contributed by atoms with Crippen molar-refractivity contribution in [3.05, 3.63) is 34.7 Å². The Balaban J connectivity index is 2.83. The van der Waals surface area contributed by atoms with E-state index in [0.29, 0.717) is 5.92 Å². The molecule has 1 nitrogen and oxygen atoms in total. The molecular formula is C14H20OS2. The lowest BCUT2D eigenvalue weighted by atomic mass is 10.1. The van der Waals surface area contributed by atoms with E-state index in [0.717, 1.165) is 29.2 Å². The SMILES string of the molecule is Cc1ccc(OCCC(C)C)c(C(S)=CS)c1. The van der Waals surface area contributed by atoms with Crippen molar-refractivity contribution < 1.29 is 4.74 Å². The largest absolute Gasteiger partial charge is 0.493 e. The molecule has 0 fully saturated rings. The van der Waals surface area contributed by atoms with Gasteiger partial charge in [-0.3, -0.25) is 0 Å². The van der Waals surface area contributed by atoms with Gasteiger partial charge in [0.25, 0.3) is 0 Å². The third-order valence-electron chi connectivity index (χ3n) is 2.49. The minimum atomic E-state index is 0.653. The van der Waals surface area contributed by atoms with Crippen LogP contribution in [0.4, 0.5) is 0 Å². The van der Waals surface area contributed by atoms with Gasteiger partial charge in [0.2, 0.25) is 0 Å². The third kappa shape index (κ3) is 4.68. The first-order valence-corrected chi connectivity index (χ1v) is 6.78. The van der Waals surface area contributed by atoms with E-state index in [4.69, 9.17) is 4.74 Å². The van der Waals surface area contributed by atoms with Crippen molar-refractivity contribution in [2.75, 3.05) is 6.61 Å². The summed E-state index contributed by atoms with van der Waals surface area (Å²) in [5, 5.41) is 1.69. The zero-order valence-electron chi connectivity index (χ0n) is 10.6. The maximum absolute atomic E-state index is 5.80. The number of hydrogen-bond donors (Lipinski definition) is 2. The van der Waals surface area contributed by atoms with E-state index in [2.05, 4.69) is 52.1 Å². The van der Waals surface area contributed by atoms with Crippen LogP contribution >= 0.6 is 25.3 Å². The van der Waals surface area contributed by atoms with Crippen LogP contribution in [0.2, 0.25) is 0 Å². The fourth-order valence-electron chi connectivity index (χ4n) is 1.44. The van der Waals surface area contributed by atoms with Gasteiger partial charge in [0, 0.05) is 10.5 Å². The summed E-state index contributed by atoms with van der Waals surface area (Å²) in [5.74, 6) is 1.53. The fourth-order valence-corrected chi connectivity index (χ4v) is 1.76. The van der Waals surface area contributed by atoms with Gasteiger partial charge in [0.05, 0.1) is 6.61 Å². The molecule has 3 heteroatoms. The summed E-state index contributed by atoms with van der Waals surface area (Å²) in [5.41, 5.74) is 2.20. The van der Waals surface area contributed by atoms with Crippen molar-refractivity contribution in [3.63, 3.8) is 0 Å². The summed E-state index contributed by atoms with van der Waals surface area (Å²) >= 11 is 8.54. The van der Waals surface area contributed by atoms with Crippen molar-refractivity contribution in [1.82, 2.24) is 0 Å². The van der Waals surface area contributed by atoms with Crippen LogP contribution in [-0.4, -0.2) is 6.61 Å². The number of aryl methyl sites for hydroxylation is 1. The Labute approximate surface area is 115 Å². The van der Waals surface area contributed by atoms with Gasteiger partial charge >= 0.3 is 0 Å². The average Bonchev–Trinajstić information content (AvgIpc) is 2.29. The first-order valence-electron chi connectivity index (χ1n) is 5.81. The van der Waals surface area contributed by atoms with Crippen molar-refractivity contribution in [2.24, 2.45) is 5.92 Å². The molecule has 0 bridgehead atoms. The van der Waals surface area contributed by atoms with Crippen LogP contribution in [0.1, 0.15) is 31.4 Å². The summed E-state index contributed by atoms with van der Waals surface area (Å²) in [6.07, 6.45) is 1.06. The minimum Gasteiger partial charge on any atom is -0.493 e. The molecule has 0 atom stereocenters. The predicted octanol–water partition coefficient (Wildman–Crippen LogP) is 4.58. The lowest BCUT2D eigenvalue weighted by molar-refractivity contribution is 0.289. The van der Waals surface area contributed by atoms with Gasteiger partial charge in [-0.25, -0.2) is 0 Å². The molecule has 1 aromatic rings. The monoisotopic (exact) mass is 268 g/mol. The van der Waals surface area contributed by atoms with E-state index in [9.17, 15) is 0 Å². The van der Waals surface area contributed by atoms with E-state index < -0.39 is 0 Å². The lowest BCUT2D eigenvalue weighted by Crippen LogP contribution is -2.03. The predicted molar refractivity (Wildman–Crippen MR) is 82.1 cm³/mol. The molecular weight excluding hydrogens is 248 g/mol. The fraction of sp³-hybridized carbons (Fsp3) is 0.429. The molecule has 0 N–H and O–H groups in total. The van der Waals surface area contributed by atoms with E-state index >= 15 is 0 Å². The van der Waals surface area contributed by atoms with Crippen LogP contribution in [0.3, 0.4) is 0 Å². The first kappa shape index (κ1) is 14.5. The Morgan fingerprint density at radius 2 is 2.12 bits per heavy atom. The second-order valence-corrected chi connectivity index (χ2v) is 5.28. The van der Waals surface area contributed by atoms with Crippen LogP contribution < -0.4 is 4.74 Å². The Kier molecular flexibility index (Phi) is 6.00. The molecule has 0 heterocycles. The molecule has 94 valence electrons. The quantitative estimate of drug-likeness (QED) is 0.743. The van der Waals surface area contributed by atoms with Gasteiger partial charge in [-0.1, -0.05) is 25.5 Å². The molecule has 0 amide bonds. The van der Waals surface area contributed by atoms with Gasteiger partial charge in [0.15, 0.2) is 0 Å². The standard InChI is InChI=1S/C14H20OS2/c1-10(2)6-7-15-13-5-4-11(3)8-12(13)14(17)9-16/h4-5,8-10,16-17H,6-7H2,1-3H3. The third-order valence-corrected chi connectivity index (χ3v) is 3.32.